The highest BCUT2D eigenvalue weighted by Gasteiger charge is 2.40. The quantitative estimate of drug-likeness (QED) is 0.590. The van der Waals surface area contributed by atoms with E-state index in [2.05, 4.69) is 6.92 Å². The van der Waals surface area contributed by atoms with Gasteiger partial charge >= 0.3 is 0 Å². The first-order valence-electron chi connectivity index (χ1n) is 8.09. The van der Waals surface area contributed by atoms with Crippen molar-refractivity contribution in [1.82, 2.24) is 0 Å². The fourth-order valence-corrected chi connectivity index (χ4v) is 2.69. The van der Waals surface area contributed by atoms with Crippen molar-refractivity contribution in [2.45, 2.75) is 59.0 Å². The highest BCUT2D eigenvalue weighted by molar-refractivity contribution is 6.04. The van der Waals surface area contributed by atoms with Crippen molar-refractivity contribution in [2.75, 3.05) is 11.4 Å². The first kappa shape index (κ1) is 16.5. The molecule has 4 nitrogen and oxygen atoms in total. The molecule has 1 aromatic rings. The van der Waals surface area contributed by atoms with Crippen LogP contribution < -0.4 is 9.64 Å². The Balaban J connectivity index is 2.39. The van der Waals surface area contributed by atoms with Crippen LogP contribution in [0.2, 0.25) is 0 Å². The largest absolute Gasteiger partial charge is 0.476 e. The lowest BCUT2D eigenvalue weighted by Gasteiger charge is -2.39. The van der Waals surface area contributed by atoms with Crippen LogP contribution >= 0.6 is 0 Å². The Morgan fingerprint density at radius 1 is 1.23 bits per heavy atom. The van der Waals surface area contributed by atoms with Gasteiger partial charge in [-0.25, -0.2) is 0 Å². The molecular formula is C18H25NO3. The lowest BCUT2D eigenvalue weighted by atomic mass is 10.0. The van der Waals surface area contributed by atoms with Gasteiger partial charge in [-0.2, -0.15) is 0 Å². The monoisotopic (exact) mass is 303 g/mol. The number of unbranched alkanes of at least 4 members (excludes halogenated alkanes) is 2. The molecular weight excluding hydrogens is 278 g/mol. The number of rotatable bonds is 6. The lowest BCUT2D eigenvalue weighted by molar-refractivity contribution is -0.132. The lowest BCUT2D eigenvalue weighted by Crippen LogP contribution is -2.52. The number of ketones is 1. The van der Waals surface area contributed by atoms with Gasteiger partial charge in [0.05, 0.1) is 5.69 Å². The second-order valence-corrected chi connectivity index (χ2v) is 6.24. The van der Waals surface area contributed by atoms with Crippen molar-refractivity contribution in [1.29, 1.82) is 0 Å². The van der Waals surface area contributed by atoms with Crippen LogP contribution in [0.3, 0.4) is 0 Å². The van der Waals surface area contributed by atoms with Crippen molar-refractivity contribution in [3.63, 3.8) is 0 Å². The molecule has 4 heteroatoms. The molecule has 0 N–H and O–H groups in total. The maximum Gasteiger partial charge on any atom is 0.270 e. The number of carbonyl (C=O) groups excluding carboxylic acids is 2. The minimum Gasteiger partial charge on any atom is -0.476 e. The fourth-order valence-electron chi connectivity index (χ4n) is 2.69. The summed E-state index contributed by atoms with van der Waals surface area (Å²) >= 11 is 0. The standard InChI is InChI=1S/C18H25NO3/c1-5-7-8-11-19-14-12-13(15(20)6-2)9-10-16(14)22-18(3,4)17(19)21/h9-10,12H,5-8,11H2,1-4H3. The Morgan fingerprint density at radius 2 is 1.95 bits per heavy atom. The predicted octanol–water partition coefficient (Wildman–Crippen LogP) is 3.97. The molecule has 0 radical (unpaired) electrons. The van der Waals surface area contributed by atoms with E-state index in [1.54, 1.807) is 36.9 Å². The first-order chi connectivity index (χ1) is 10.4. The molecule has 22 heavy (non-hydrogen) atoms. The molecule has 0 spiro atoms. The van der Waals surface area contributed by atoms with Gasteiger partial charge in [-0.3, -0.25) is 9.59 Å². The summed E-state index contributed by atoms with van der Waals surface area (Å²) in [7, 11) is 0. The van der Waals surface area contributed by atoms with E-state index >= 15 is 0 Å². The van der Waals surface area contributed by atoms with Gasteiger partial charge in [0.2, 0.25) is 0 Å². The molecule has 1 amide bonds. The van der Waals surface area contributed by atoms with Crippen molar-refractivity contribution in [3.05, 3.63) is 23.8 Å². The van der Waals surface area contributed by atoms with Crippen molar-refractivity contribution >= 4 is 17.4 Å². The van der Waals surface area contributed by atoms with Gasteiger partial charge in [0.15, 0.2) is 11.4 Å². The van der Waals surface area contributed by atoms with Gasteiger partial charge in [-0.05, 0) is 38.5 Å². The molecule has 120 valence electrons. The third-order valence-corrected chi connectivity index (χ3v) is 4.00. The molecule has 0 saturated heterocycles. The fraction of sp³-hybridized carbons (Fsp3) is 0.556. The van der Waals surface area contributed by atoms with E-state index in [0.717, 1.165) is 24.9 Å². The number of amides is 1. The molecule has 0 aromatic heterocycles. The molecule has 0 unspecified atom stereocenters. The summed E-state index contributed by atoms with van der Waals surface area (Å²) in [5, 5.41) is 0. The topological polar surface area (TPSA) is 46.6 Å². The maximum absolute atomic E-state index is 12.7. The number of nitrogens with zero attached hydrogens (tertiary/aromatic N) is 1. The zero-order valence-corrected chi connectivity index (χ0v) is 13.9. The van der Waals surface area contributed by atoms with E-state index in [-0.39, 0.29) is 11.7 Å². The molecule has 1 aliphatic rings. The van der Waals surface area contributed by atoms with Crippen molar-refractivity contribution in [2.24, 2.45) is 0 Å². The summed E-state index contributed by atoms with van der Waals surface area (Å²) < 4.78 is 5.83. The average Bonchev–Trinajstić information content (AvgIpc) is 2.49. The van der Waals surface area contributed by atoms with Crippen LogP contribution in [0.15, 0.2) is 18.2 Å². The number of anilines is 1. The van der Waals surface area contributed by atoms with Gasteiger partial charge < -0.3 is 9.64 Å². The minimum atomic E-state index is -0.866. The smallest absolute Gasteiger partial charge is 0.270 e. The van der Waals surface area contributed by atoms with Gasteiger partial charge in [-0.1, -0.05) is 26.7 Å². The summed E-state index contributed by atoms with van der Waals surface area (Å²) in [6.45, 7) is 8.21. The third-order valence-electron chi connectivity index (χ3n) is 4.00. The van der Waals surface area contributed by atoms with Crippen LogP contribution in [-0.2, 0) is 4.79 Å². The van der Waals surface area contributed by atoms with E-state index in [1.165, 1.54) is 0 Å². The van der Waals surface area contributed by atoms with Crippen LogP contribution in [0.1, 0.15) is 63.7 Å². The van der Waals surface area contributed by atoms with E-state index in [9.17, 15) is 9.59 Å². The number of fused-ring (bicyclic) bond motifs is 1. The highest BCUT2D eigenvalue weighted by atomic mass is 16.5. The van der Waals surface area contributed by atoms with E-state index < -0.39 is 5.60 Å². The van der Waals surface area contributed by atoms with E-state index in [0.29, 0.717) is 24.3 Å². The van der Waals surface area contributed by atoms with Gasteiger partial charge in [0, 0.05) is 18.5 Å². The van der Waals surface area contributed by atoms with E-state index in [1.807, 2.05) is 6.92 Å². The summed E-state index contributed by atoms with van der Waals surface area (Å²) in [4.78, 5) is 26.4. The Labute approximate surface area is 132 Å². The first-order valence-corrected chi connectivity index (χ1v) is 8.09. The normalized spacial score (nSPS) is 16.2. The Hall–Kier alpha value is -1.84. The van der Waals surface area contributed by atoms with Gasteiger partial charge in [0.1, 0.15) is 5.75 Å². The summed E-state index contributed by atoms with van der Waals surface area (Å²) in [5.74, 6) is 0.708. The SMILES string of the molecule is CCCCCN1C(=O)C(C)(C)Oc2ccc(C(=O)CC)cc21. The number of Topliss-reactive ketones (excluding diaryl/α,β-unsaturated/α-hetero) is 1. The van der Waals surface area contributed by atoms with Crippen LogP contribution in [0.5, 0.6) is 5.75 Å². The van der Waals surface area contributed by atoms with Crippen LogP contribution in [0.4, 0.5) is 5.69 Å². The average molecular weight is 303 g/mol. The number of hydrogen-bond donors (Lipinski definition) is 0. The van der Waals surface area contributed by atoms with Crippen molar-refractivity contribution < 1.29 is 14.3 Å². The second kappa shape index (κ2) is 6.51. The molecule has 0 aliphatic carbocycles. The molecule has 0 bridgehead atoms. The zero-order chi connectivity index (χ0) is 16.3. The molecule has 1 aromatic carbocycles. The molecule has 1 heterocycles. The number of hydrogen-bond acceptors (Lipinski definition) is 3. The molecule has 0 fully saturated rings. The minimum absolute atomic E-state index is 0.0443. The third kappa shape index (κ3) is 3.16. The summed E-state index contributed by atoms with van der Waals surface area (Å²) in [6, 6.07) is 5.38. The maximum atomic E-state index is 12.7. The molecule has 2 rings (SSSR count). The summed E-state index contributed by atoms with van der Waals surface area (Å²) in [6.07, 6.45) is 3.58. The highest BCUT2D eigenvalue weighted by Crippen LogP contribution is 2.38. The number of ether oxygens (including phenoxy) is 1. The molecule has 1 aliphatic heterocycles. The summed E-state index contributed by atoms with van der Waals surface area (Å²) in [5.41, 5.74) is 0.493. The van der Waals surface area contributed by atoms with Gasteiger partial charge in [0.25, 0.3) is 5.91 Å². The van der Waals surface area contributed by atoms with Crippen LogP contribution in [-0.4, -0.2) is 23.8 Å². The molecule has 0 saturated carbocycles. The zero-order valence-electron chi connectivity index (χ0n) is 13.9. The number of carbonyl (C=O) groups is 2. The van der Waals surface area contributed by atoms with E-state index in [4.69, 9.17) is 4.74 Å². The van der Waals surface area contributed by atoms with Crippen LogP contribution in [0, 0.1) is 0 Å². The molecule has 0 atom stereocenters. The Kier molecular flexibility index (Phi) is 4.89. The Bertz CT molecular complexity index is 578. The van der Waals surface area contributed by atoms with Crippen molar-refractivity contribution in [3.8, 4) is 5.75 Å². The predicted molar refractivity (Wildman–Crippen MR) is 87.6 cm³/mol. The van der Waals surface area contributed by atoms with Gasteiger partial charge in [-0.15, -0.1) is 0 Å². The second-order valence-electron chi connectivity index (χ2n) is 6.24. The number of benzene rings is 1. The Morgan fingerprint density at radius 3 is 2.59 bits per heavy atom. The van der Waals surface area contributed by atoms with Crippen LogP contribution in [0.25, 0.3) is 0 Å².